The molecule has 0 radical (unpaired) electrons. The van der Waals surface area contributed by atoms with Crippen molar-refractivity contribution in [1.29, 1.82) is 0 Å². The van der Waals surface area contributed by atoms with E-state index in [0.29, 0.717) is 23.3 Å². The molecule has 0 amide bonds. The highest BCUT2D eigenvalue weighted by Crippen LogP contribution is 2.32. The van der Waals surface area contributed by atoms with Crippen molar-refractivity contribution in [3.05, 3.63) is 38.4 Å². The minimum atomic E-state index is 0.399. The molecular weight excluding hydrogens is 376 g/mol. The van der Waals surface area contributed by atoms with Gasteiger partial charge in [-0.2, -0.15) is 4.98 Å². The third kappa shape index (κ3) is 2.87. The van der Waals surface area contributed by atoms with Gasteiger partial charge in [-0.05, 0) is 41.1 Å². The lowest BCUT2D eigenvalue weighted by atomic mass is 10.2. The first kappa shape index (κ1) is 14.6. The Hall–Kier alpha value is -1.28. The maximum atomic E-state index is 5.98. The second-order valence-corrected chi connectivity index (χ2v) is 6.62. The van der Waals surface area contributed by atoms with E-state index in [-0.39, 0.29) is 0 Å². The van der Waals surface area contributed by atoms with Crippen LogP contribution >= 0.6 is 38.9 Å². The Kier molecular flexibility index (Phi) is 4.08. The summed E-state index contributed by atoms with van der Waals surface area (Å²) in [6.45, 7) is 2.30. The molecule has 108 valence electrons. The van der Waals surface area contributed by atoms with E-state index >= 15 is 0 Å². The van der Waals surface area contributed by atoms with Crippen LogP contribution in [0.25, 0.3) is 22.2 Å². The zero-order chi connectivity index (χ0) is 15.0. The quantitative estimate of drug-likeness (QED) is 0.736. The third-order valence-electron chi connectivity index (χ3n) is 2.81. The number of rotatable bonds is 3. The second kappa shape index (κ2) is 5.84. The third-order valence-corrected chi connectivity index (χ3v) is 5.20. The standard InChI is InChI=1S/C13H10BrClN4OS/c1-6-11(21-10(5-16)17-6)13-18-12(19-20-13)7-2-3-9(15)8(14)4-7/h2-4H,5,16H2,1H3. The SMILES string of the molecule is Cc1nc(CN)sc1-c1nc(-c2ccc(Cl)c(Br)c2)no1. The molecule has 0 bridgehead atoms. The van der Waals surface area contributed by atoms with Crippen LogP contribution in [-0.4, -0.2) is 15.1 Å². The Morgan fingerprint density at radius 1 is 1.38 bits per heavy atom. The van der Waals surface area contributed by atoms with E-state index in [0.717, 1.165) is 25.6 Å². The smallest absolute Gasteiger partial charge is 0.270 e. The fourth-order valence-corrected chi connectivity index (χ4v) is 3.17. The Bertz CT molecular complexity index is 801. The van der Waals surface area contributed by atoms with Crippen LogP contribution in [0.15, 0.2) is 27.2 Å². The Balaban J connectivity index is 1.99. The highest BCUT2D eigenvalue weighted by molar-refractivity contribution is 9.10. The number of hydrogen-bond donors (Lipinski definition) is 1. The lowest BCUT2D eigenvalue weighted by Crippen LogP contribution is -1.94. The van der Waals surface area contributed by atoms with Crippen molar-refractivity contribution in [2.24, 2.45) is 5.73 Å². The van der Waals surface area contributed by atoms with Gasteiger partial charge in [-0.15, -0.1) is 11.3 Å². The summed E-state index contributed by atoms with van der Waals surface area (Å²) < 4.78 is 6.12. The molecule has 0 unspecified atom stereocenters. The van der Waals surface area contributed by atoms with Gasteiger partial charge in [-0.1, -0.05) is 16.8 Å². The molecule has 1 aromatic carbocycles. The molecule has 0 aliphatic carbocycles. The van der Waals surface area contributed by atoms with Gasteiger partial charge in [-0.25, -0.2) is 4.98 Å². The summed E-state index contributed by atoms with van der Waals surface area (Å²) in [4.78, 5) is 9.62. The van der Waals surface area contributed by atoms with Gasteiger partial charge in [0.15, 0.2) is 0 Å². The first-order valence-corrected chi connectivity index (χ1v) is 8.03. The molecule has 0 fully saturated rings. The lowest BCUT2D eigenvalue weighted by molar-refractivity contribution is 0.433. The van der Waals surface area contributed by atoms with Crippen LogP contribution in [0.2, 0.25) is 5.02 Å². The van der Waals surface area contributed by atoms with Gasteiger partial charge in [0.1, 0.15) is 9.88 Å². The molecule has 0 atom stereocenters. The summed E-state index contributed by atoms with van der Waals surface area (Å²) in [6.07, 6.45) is 0. The van der Waals surface area contributed by atoms with Gasteiger partial charge in [0.2, 0.25) is 5.82 Å². The summed E-state index contributed by atoms with van der Waals surface area (Å²) in [7, 11) is 0. The Morgan fingerprint density at radius 3 is 2.86 bits per heavy atom. The van der Waals surface area contributed by atoms with E-state index < -0.39 is 0 Å². The predicted molar refractivity (Wildman–Crippen MR) is 86.2 cm³/mol. The first-order chi connectivity index (χ1) is 10.1. The summed E-state index contributed by atoms with van der Waals surface area (Å²) in [5.41, 5.74) is 7.26. The maximum absolute atomic E-state index is 5.98. The summed E-state index contributed by atoms with van der Waals surface area (Å²) in [5, 5.41) is 5.48. The average Bonchev–Trinajstić information content (AvgIpc) is 3.08. The van der Waals surface area contributed by atoms with Crippen LogP contribution in [0.4, 0.5) is 0 Å². The molecule has 0 saturated carbocycles. The fraction of sp³-hybridized carbons (Fsp3) is 0.154. The van der Waals surface area contributed by atoms with E-state index in [1.54, 1.807) is 6.07 Å². The molecule has 21 heavy (non-hydrogen) atoms. The minimum Gasteiger partial charge on any atom is -0.333 e. The highest BCUT2D eigenvalue weighted by Gasteiger charge is 2.17. The van der Waals surface area contributed by atoms with Crippen molar-refractivity contribution < 1.29 is 4.52 Å². The number of halogens is 2. The molecule has 5 nitrogen and oxygen atoms in total. The number of aromatic nitrogens is 3. The molecule has 0 aliphatic rings. The van der Waals surface area contributed by atoms with E-state index in [4.69, 9.17) is 21.9 Å². The molecule has 3 aromatic rings. The first-order valence-electron chi connectivity index (χ1n) is 6.04. The van der Waals surface area contributed by atoms with E-state index in [2.05, 4.69) is 31.1 Å². The molecule has 2 heterocycles. The Labute approximate surface area is 138 Å². The van der Waals surface area contributed by atoms with Crippen LogP contribution in [-0.2, 0) is 6.54 Å². The van der Waals surface area contributed by atoms with Crippen molar-refractivity contribution in [2.45, 2.75) is 13.5 Å². The van der Waals surface area contributed by atoms with Gasteiger partial charge in [0, 0.05) is 16.6 Å². The van der Waals surface area contributed by atoms with Crippen molar-refractivity contribution in [1.82, 2.24) is 15.1 Å². The van der Waals surface area contributed by atoms with E-state index in [9.17, 15) is 0 Å². The molecule has 2 N–H and O–H groups in total. The number of nitrogens with two attached hydrogens (primary N) is 1. The van der Waals surface area contributed by atoms with Gasteiger partial charge in [0.25, 0.3) is 5.89 Å². The van der Waals surface area contributed by atoms with E-state index in [1.807, 2.05) is 19.1 Å². The number of aryl methyl sites for hydroxylation is 1. The second-order valence-electron chi connectivity index (χ2n) is 4.28. The summed E-state index contributed by atoms with van der Waals surface area (Å²) in [5.74, 6) is 0.954. The molecular formula is C13H10BrClN4OS. The van der Waals surface area contributed by atoms with Crippen LogP contribution in [0, 0.1) is 6.92 Å². The van der Waals surface area contributed by atoms with Gasteiger partial charge >= 0.3 is 0 Å². The zero-order valence-electron chi connectivity index (χ0n) is 10.9. The molecule has 0 aliphatic heterocycles. The van der Waals surface area contributed by atoms with Crippen molar-refractivity contribution in [3.63, 3.8) is 0 Å². The summed E-state index contributed by atoms with van der Waals surface area (Å²) >= 11 is 10.8. The minimum absolute atomic E-state index is 0.399. The number of nitrogens with zero attached hydrogens (tertiary/aromatic N) is 3. The highest BCUT2D eigenvalue weighted by atomic mass is 79.9. The average molecular weight is 386 g/mol. The normalized spacial score (nSPS) is 11.0. The van der Waals surface area contributed by atoms with Crippen LogP contribution in [0.5, 0.6) is 0 Å². The number of hydrogen-bond acceptors (Lipinski definition) is 6. The molecule has 2 aromatic heterocycles. The van der Waals surface area contributed by atoms with Crippen molar-refractivity contribution in [2.75, 3.05) is 0 Å². The molecule has 3 rings (SSSR count). The van der Waals surface area contributed by atoms with E-state index in [1.165, 1.54) is 11.3 Å². The summed E-state index contributed by atoms with van der Waals surface area (Å²) in [6, 6.07) is 5.47. The molecule has 0 spiro atoms. The lowest BCUT2D eigenvalue weighted by Gasteiger charge is -1.97. The molecule has 8 heteroatoms. The number of thiazole rings is 1. The van der Waals surface area contributed by atoms with Crippen molar-refractivity contribution in [3.8, 4) is 22.2 Å². The van der Waals surface area contributed by atoms with Gasteiger partial charge in [-0.3, -0.25) is 0 Å². The zero-order valence-corrected chi connectivity index (χ0v) is 14.1. The van der Waals surface area contributed by atoms with Crippen molar-refractivity contribution >= 4 is 38.9 Å². The number of benzene rings is 1. The maximum Gasteiger partial charge on any atom is 0.270 e. The topological polar surface area (TPSA) is 77.8 Å². The largest absolute Gasteiger partial charge is 0.333 e. The monoisotopic (exact) mass is 384 g/mol. The van der Waals surface area contributed by atoms with Gasteiger partial charge < -0.3 is 10.3 Å². The fourth-order valence-electron chi connectivity index (χ4n) is 1.81. The van der Waals surface area contributed by atoms with Crippen LogP contribution < -0.4 is 5.73 Å². The van der Waals surface area contributed by atoms with Crippen LogP contribution in [0.3, 0.4) is 0 Å². The molecule has 0 saturated heterocycles. The Morgan fingerprint density at radius 2 is 2.19 bits per heavy atom. The predicted octanol–water partition coefficient (Wildman–Crippen LogP) is 4.04. The van der Waals surface area contributed by atoms with Gasteiger partial charge in [0.05, 0.1) is 10.7 Å². The van der Waals surface area contributed by atoms with Crippen LogP contribution in [0.1, 0.15) is 10.7 Å².